The van der Waals surface area contributed by atoms with E-state index < -0.39 is 17.3 Å². The van der Waals surface area contributed by atoms with E-state index in [1.54, 1.807) is 6.92 Å². The van der Waals surface area contributed by atoms with Crippen molar-refractivity contribution in [3.8, 4) is 33.6 Å². The fourth-order valence-electron chi connectivity index (χ4n) is 6.19. The quantitative estimate of drug-likeness (QED) is 0.245. The maximum Gasteiger partial charge on any atom is 0.433 e. The van der Waals surface area contributed by atoms with Crippen LogP contribution >= 0.6 is 0 Å². The minimum Gasteiger partial charge on any atom is -0.233 e. The van der Waals surface area contributed by atoms with Gasteiger partial charge in [-0.15, -0.1) is 0 Å². The van der Waals surface area contributed by atoms with Gasteiger partial charge in [-0.25, -0.2) is 9.97 Å². The molecule has 2 aliphatic rings. The second-order valence-electron chi connectivity index (χ2n) is 9.57. The van der Waals surface area contributed by atoms with E-state index in [9.17, 15) is 13.2 Å². The number of fused-ring (bicyclic) bond motifs is 10. The van der Waals surface area contributed by atoms with Gasteiger partial charge in [-0.3, -0.25) is 0 Å². The Labute approximate surface area is 212 Å². The molecule has 1 heterocycles. The first kappa shape index (κ1) is 22.0. The van der Waals surface area contributed by atoms with Crippen molar-refractivity contribution < 1.29 is 13.2 Å². The average Bonchev–Trinajstić information content (AvgIpc) is 3.39. The first-order valence-electron chi connectivity index (χ1n) is 12.3. The van der Waals surface area contributed by atoms with E-state index >= 15 is 0 Å². The van der Waals surface area contributed by atoms with Gasteiger partial charge in [-0.05, 0) is 63.1 Å². The summed E-state index contributed by atoms with van der Waals surface area (Å²) in [6.45, 7) is 1.80. The van der Waals surface area contributed by atoms with Crippen molar-refractivity contribution in [1.29, 1.82) is 0 Å². The normalized spacial score (nSPS) is 14.3. The predicted octanol–water partition coefficient (Wildman–Crippen LogP) is 8.07. The standard InChI is InChI=1S/C32H21F3N2/c1-2-20-18-29(32(33,34)35)37-30(36-20)19-15-16-24-23-11-5-8-14-27(23)31(28(24)17-19)25-12-6-3-9-21(25)22-10-4-7-13-26(22)31/h3-18H,2H2,1H3. The summed E-state index contributed by atoms with van der Waals surface area (Å²) >= 11 is 0. The maximum absolute atomic E-state index is 13.7. The Morgan fingerprint density at radius 2 is 1.14 bits per heavy atom. The van der Waals surface area contributed by atoms with E-state index in [0.29, 0.717) is 17.7 Å². The highest BCUT2D eigenvalue weighted by Gasteiger charge is 2.51. The lowest BCUT2D eigenvalue weighted by Crippen LogP contribution is -2.25. The summed E-state index contributed by atoms with van der Waals surface area (Å²) in [7, 11) is 0. The van der Waals surface area contributed by atoms with Gasteiger partial charge in [-0.1, -0.05) is 91.9 Å². The van der Waals surface area contributed by atoms with E-state index in [-0.39, 0.29) is 5.82 Å². The van der Waals surface area contributed by atoms with Crippen LogP contribution in [0.15, 0.2) is 97.1 Å². The molecule has 1 spiro atoms. The van der Waals surface area contributed by atoms with Crippen LogP contribution in [-0.4, -0.2) is 9.97 Å². The molecule has 2 nitrogen and oxygen atoms in total. The molecule has 0 bridgehead atoms. The number of aryl methyl sites for hydroxylation is 1. The molecule has 0 saturated carbocycles. The van der Waals surface area contributed by atoms with Crippen LogP contribution in [0.4, 0.5) is 13.2 Å². The van der Waals surface area contributed by atoms with E-state index in [1.165, 1.54) is 27.8 Å². The van der Waals surface area contributed by atoms with Crippen LogP contribution in [0, 0.1) is 0 Å². The van der Waals surface area contributed by atoms with Crippen molar-refractivity contribution in [2.45, 2.75) is 24.9 Å². The number of benzene rings is 4. The number of hydrogen-bond acceptors (Lipinski definition) is 2. The van der Waals surface area contributed by atoms with Crippen molar-refractivity contribution in [2.24, 2.45) is 0 Å². The molecule has 0 radical (unpaired) electrons. The number of nitrogens with zero attached hydrogens (tertiary/aromatic N) is 2. The van der Waals surface area contributed by atoms with Crippen molar-refractivity contribution in [3.05, 3.63) is 131 Å². The summed E-state index contributed by atoms with van der Waals surface area (Å²) in [6, 6.07) is 32.1. The lowest BCUT2D eigenvalue weighted by atomic mass is 9.70. The topological polar surface area (TPSA) is 25.8 Å². The molecule has 4 aromatic carbocycles. The zero-order chi connectivity index (χ0) is 25.4. The number of alkyl halides is 3. The summed E-state index contributed by atoms with van der Waals surface area (Å²) in [5, 5.41) is 0. The number of rotatable bonds is 2. The minimum absolute atomic E-state index is 0.0974. The molecule has 0 N–H and O–H groups in total. The average molecular weight is 491 g/mol. The first-order chi connectivity index (χ1) is 17.9. The van der Waals surface area contributed by atoms with Crippen molar-refractivity contribution in [2.75, 3.05) is 0 Å². The molecule has 5 heteroatoms. The first-order valence-corrected chi connectivity index (χ1v) is 12.3. The summed E-state index contributed by atoms with van der Waals surface area (Å²) in [4.78, 5) is 8.47. The summed E-state index contributed by atoms with van der Waals surface area (Å²) in [5.74, 6) is 0.0974. The Morgan fingerprint density at radius 3 is 1.65 bits per heavy atom. The van der Waals surface area contributed by atoms with E-state index in [1.807, 2.05) is 24.3 Å². The third-order valence-corrected chi connectivity index (χ3v) is 7.69. The number of halogens is 3. The van der Waals surface area contributed by atoms with Gasteiger partial charge in [0.25, 0.3) is 0 Å². The van der Waals surface area contributed by atoms with Crippen molar-refractivity contribution in [3.63, 3.8) is 0 Å². The van der Waals surface area contributed by atoms with Gasteiger partial charge in [-0.2, -0.15) is 13.2 Å². The Morgan fingerprint density at radius 1 is 0.622 bits per heavy atom. The van der Waals surface area contributed by atoms with Gasteiger partial charge in [0.15, 0.2) is 5.82 Å². The van der Waals surface area contributed by atoms with Gasteiger partial charge in [0.1, 0.15) is 5.69 Å². The van der Waals surface area contributed by atoms with Crippen LogP contribution in [0.2, 0.25) is 0 Å². The molecular weight excluding hydrogens is 469 g/mol. The molecular formula is C32H21F3N2. The molecule has 1 aromatic heterocycles. The van der Waals surface area contributed by atoms with Crippen molar-refractivity contribution in [1.82, 2.24) is 9.97 Å². The van der Waals surface area contributed by atoms with E-state index in [2.05, 4.69) is 76.7 Å². The molecule has 0 unspecified atom stereocenters. The molecule has 37 heavy (non-hydrogen) atoms. The molecule has 0 atom stereocenters. The largest absolute Gasteiger partial charge is 0.433 e. The lowest BCUT2D eigenvalue weighted by Gasteiger charge is -2.30. The number of aromatic nitrogens is 2. The van der Waals surface area contributed by atoms with Gasteiger partial charge >= 0.3 is 6.18 Å². The minimum atomic E-state index is -4.54. The monoisotopic (exact) mass is 490 g/mol. The Hall–Kier alpha value is -4.25. The van der Waals surface area contributed by atoms with Crippen LogP contribution in [0.25, 0.3) is 33.6 Å². The molecule has 0 saturated heterocycles. The zero-order valence-corrected chi connectivity index (χ0v) is 20.0. The smallest absolute Gasteiger partial charge is 0.233 e. The third-order valence-electron chi connectivity index (χ3n) is 7.69. The summed E-state index contributed by atoms with van der Waals surface area (Å²) < 4.78 is 41.0. The molecule has 2 aliphatic carbocycles. The van der Waals surface area contributed by atoms with Crippen LogP contribution in [0.5, 0.6) is 0 Å². The van der Waals surface area contributed by atoms with Crippen LogP contribution in [-0.2, 0) is 18.0 Å². The van der Waals surface area contributed by atoms with Crippen molar-refractivity contribution >= 4 is 0 Å². The van der Waals surface area contributed by atoms with Gasteiger partial charge in [0.2, 0.25) is 0 Å². The van der Waals surface area contributed by atoms with Crippen LogP contribution in [0.1, 0.15) is 40.6 Å². The predicted molar refractivity (Wildman–Crippen MR) is 138 cm³/mol. The maximum atomic E-state index is 13.7. The molecule has 0 amide bonds. The molecule has 180 valence electrons. The Bertz CT molecular complexity index is 1650. The second-order valence-corrected chi connectivity index (χ2v) is 9.57. The fraction of sp³-hybridized carbons (Fsp3) is 0.125. The third kappa shape index (κ3) is 2.94. The van der Waals surface area contributed by atoms with Gasteiger partial charge < -0.3 is 0 Å². The molecule has 0 fully saturated rings. The lowest BCUT2D eigenvalue weighted by molar-refractivity contribution is -0.141. The summed E-state index contributed by atoms with van der Waals surface area (Å²) in [6.07, 6.45) is -4.15. The molecule has 5 aromatic rings. The van der Waals surface area contributed by atoms with Crippen LogP contribution in [0.3, 0.4) is 0 Å². The summed E-state index contributed by atoms with van der Waals surface area (Å²) in [5.41, 5.74) is 8.61. The molecule has 0 aliphatic heterocycles. The molecule has 7 rings (SSSR count). The van der Waals surface area contributed by atoms with Gasteiger partial charge in [0, 0.05) is 11.3 Å². The zero-order valence-electron chi connectivity index (χ0n) is 20.0. The fourth-order valence-corrected chi connectivity index (χ4v) is 6.19. The van der Waals surface area contributed by atoms with E-state index in [4.69, 9.17) is 0 Å². The second kappa shape index (κ2) is 7.62. The number of hydrogen-bond donors (Lipinski definition) is 0. The van der Waals surface area contributed by atoms with Gasteiger partial charge in [0.05, 0.1) is 5.41 Å². The van der Waals surface area contributed by atoms with Crippen LogP contribution < -0.4 is 0 Å². The highest BCUT2D eigenvalue weighted by atomic mass is 19.4. The highest BCUT2D eigenvalue weighted by molar-refractivity contribution is 5.95. The Kier molecular flexibility index (Phi) is 4.53. The Balaban J connectivity index is 1.55. The highest BCUT2D eigenvalue weighted by Crippen LogP contribution is 2.62. The van der Waals surface area contributed by atoms with E-state index in [0.717, 1.165) is 22.8 Å². The SMILES string of the molecule is CCc1cc(C(F)(F)F)nc(-c2ccc3c(c2)C2(c4ccccc4-c4ccccc42)c2ccccc2-3)n1.